The van der Waals surface area contributed by atoms with Gasteiger partial charge in [0.05, 0.1) is 18.7 Å². The third-order valence-electron chi connectivity index (χ3n) is 2.73. The monoisotopic (exact) mass is 281 g/mol. The van der Waals surface area contributed by atoms with Gasteiger partial charge in [0.15, 0.2) is 0 Å². The van der Waals surface area contributed by atoms with Crippen LogP contribution in [0.2, 0.25) is 0 Å². The molecule has 2 rings (SSSR count). The zero-order valence-electron chi connectivity index (χ0n) is 11.9. The van der Waals surface area contributed by atoms with Crippen molar-refractivity contribution in [2.45, 2.75) is 6.92 Å². The molecule has 0 aromatic heterocycles. The van der Waals surface area contributed by atoms with Gasteiger partial charge >= 0.3 is 0 Å². The molecule has 0 amide bonds. The number of methoxy groups -OCH3 is 1. The van der Waals surface area contributed by atoms with Crippen LogP contribution < -0.4 is 4.74 Å². The van der Waals surface area contributed by atoms with Crippen molar-refractivity contribution >= 4 is 12.6 Å². The van der Waals surface area contributed by atoms with Crippen molar-refractivity contribution < 1.29 is 14.3 Å². The third-order valence-corrected chi connectivity index (χ3v) is 2.73. The first-order valence-corrected chi connectivity index (χ1v) is 6.19. The van der Waals surface area contributed by atoms with Gasteiger partial charge in [0.1, 0.15) is 18.3 Å². The van der Waals surface area contributed by atoms with Gasteiger partial charge in [-0.3, -0.25) is 9.59 Å². The summed E-state index contributed by atoms with van der Waals surface area (Å²) >= 11 is 0. The van der Waals surface area contributed by atoms with E-state index in [2.05, 4.69) is 0 Å². The van der Waals surface area contributed by atoms with E-state index in [1.807, 2.05) is 13.0 Å². The van der Waals surface area contributed by atoms with Gasteiger partial charge in [-0.15, -0.1) is 0 Å². The number of hydrogen-bond acceptors (Lipinski definition) is 4. The van der Waals surface area contributed by atoms with E-state index in [0.717, 1.165) is 23.9 Å². The van der Waals surface area contributed by atoms with Gasteiger partial charge in [-0.25, -0.2) is 0 Å². The first kappa shape index (κ1) is 16.1. The Morgan fingerprint density at radius 1 is 1.00 bits per heavy atom. The first-order valence-electron chi connectivity index (χ1n) is 6.19. The molecule has 2 aromatic rings. The number of carbonyl (C=O) groups excluding carboxylic acids is 2. The molecule has 0 radical (unpaired) electrons. The number of nitriles is 1. The fraction of sp³-hybridized carbons (Fsp3) is 0.118. The maximum Gasteiger partial charge on any atom is 0.150 e. The van der Waals surface area contributed by atoms with Crippen LogP contribution in [0.5, 0.6) is 5.75 Å². The number of benzene rings is 2. The molecule has 0 heterocycles. The average Bonchev–Trinajstić information content (AvgIpc) is 2.55. The Balaban J connectivity index is 0.000000211. The molecule has 0 spiro atoms. The second kappa shape index (κ2) is 8.28. The molecule has 2 aromatic carbocycles. The summed E-state index contributed by atoms with van der Waals surface area (Å²) in [6, 6.07) is 13.7. The molecule has 21 heavy (non-hydrogen) atoms. The van der Waals surface area contributed by atoms with Gasteiger partial charge in [0.25, 0.3) is 0 Å². The molecule has 106 valence electrons. The van der Waals surface area contributed by atoms with Crippen LogP contribution in [0, 0.1) is 18.3 Å². The van der Waals surface area contributed by atoms with Crippen LogP contribution in [-0.4, -0.2) is 19.7 Å². The number of nitrogens with zero attached hydrogens (tertiary/aromatic N) is 1. The fourth-order valence-electron chi connectivity index (χ4n) is 1.61. The smallest absolute Gasteiger partial charge is 0.150 e. The second-order valence-corrected chi connectivity index (χ2v) is 4.20. The van der Waals surface area contributed by atoms with Crippen molar-refractivity contribution in [2.75, 3.05) is 7.11 Å². The summed E-state index contributed by atoms with van der Waals surface area (Å²) in [6.07, 6.45) is 1.58. The van der Waals surface area contributed by atoms with Crippen LogP contribution in [0.15, 0.2) is 42.5 Å². The highest BCUT2D eigenvalue weighted by atomic mass is 16.5. The lowest BCUT2D eigenvalue weighted by molar-refractivity contribution is 0.111. The number of carbonyl (C=O) groups is 2. The van der Waals surface area contributed by atoms with Crippen molar-refractivity contribution in [3.05, 3.63) is 64.7 Å². The molecule has 0 saturated carbocycles. The largest absolute Gasteiger partial charge is 0.496 e. The second-order valence-electron chi connectivity index (χ2n) is 4.20. The van der Waals surface area contributed by atoms with Gasteiger partial charge in [0, 0.05) is 11.1 Å². The number of aldehydes is 2. The Bertz CT molecular complexity index is 655. The summed E-state index contributed by atoms with van der Waals surface area (Å²) in [5, 5.41) is 8.36. The van der Waals surface area contributed by atoms with Gasteiger partial charge in [-0.1, -0.05) is 12.1 Å². The molecule has 0 fully saturated rings. The Morgan fingerprint density at radius 3 is 2.00 bits per heavy atom. The molecule has 0 aliphatic heterocycles. The van der Waals surface area contributed by atoms with Gasteiger partial charge in [-0.05, 0) is 42.8 Å². The highest BCUT2D eigenvalue weighted by Crippen LogP contribution is 2.17. The van der Waals surface area contributed by atoms with E-state index in [0.29, 0.717) is 16.7 Å². The van der Waals surface area contributed by atoms with Gasteiger partial charge in [-0.2, -0.15) is 5.26 Å². The fourth-order valence-corrected chi connectivity index (χ4v) is 1.61. The molecular formula is C17H15NO3. The molecule has 0 atom stereocenters. The maximum absolute atomic E-state index is 10.3. The van der Waals surface area contributed by atoms with E-state index in [-0.39, 0.29) is 0 Å². The Hall–Kier alpha value is -2.93. The summed E-state index contributed by atoms with van der Waals surface area (Å²) in [4.78, 5) is 20.4. The molecule has 4 heteroatoms. The van der Waals surface area contributed by atoms with Gasteiger partial charge in [0.2, 0.25) is 0 Å². The predicted molar refractivity (Wildman–Crippen MR) is 79.7 cm³/mol. The van der Waals surface area contributed by atoms with Crippen LogP contribution in [0.3, 0.4) is 0 Å². The molecule has 0 saturated heterocycles. The normalized spacial score (nSPS) is 8.81. The van der Waals surface area contributed by atoms with E-state index in [4.69, 9.17) is 10.00 Å². The van der Waals surface area contributed by atoms with Crippen LogP contribution in [-0.2, 0) is 0 Å². The van der Waals surface area contributed by atoms with Crippen molar-refractivity contribution in [3.63, 3.8) is 0 Å². The quantitative estimate of drug-likeness (QED) is 0.810. The standard InChI is InChI=1S/C9H10O2.C8H5NO/c1-7-5-8(6-10)3-4-9(7)11-2;9-5-7-1-3-8(6-10)4-2-7/h3-6H,1-2H3;1-4,6H. The van der Waals surface area contributed by atoms with E-state index >= 15 is 0 Å². The predicted octanol–water partition coefficient (Wildman–Crippen LogP) is 3.19. The highest BCUT2D eigenvalue weighted by molar-refractivity contribution is 5.75. The average molecular weight is 281 g/mol. The number of aryl methyl sites for hydroxylation is 1. The number of rotatable bonds is 3. The van der Waals surface area contributed by atoms with Crippen molar-refractivity contribution in [1.82, 2.24) is 0 Å². The molecule has 0 aliphatic rings. The highest BCUT2D eigenvalue weighted by Gasteiger charge is 1.97. The van der Waals surface area contributed by atoms with E-state index < -0.39 is 0 Å². The Labute approximate surface area is 123 Å². The maximum atomic E-state index is 10.3. The molecule has 0 unspecified atom stereocenters. The molecule has 0 N–H and O–H groups in total. The van der Waals surface area contributed by atoms with E-state index in [1.54, 1.807) is 49.6 Å². The Morgan fingerprint density at radius 2 is 1.57 bits per heavy atom. The first-order chi connectivity index (χ1) is 10.1. The SMILES string of the molecule is COc1ccc(C=O)cc1C.N#Cc1ccc(C=O)cc1. The molecule has 0 bridgehead atoms. The van der Waals surface area contributed by atoms with E-state index in [1.165, 1.54) is 0 Å². The minimum Gasteiger partial charge on any atom is -0.496 e. The Kier molecular flexibility index (Phi) is 6.36. The van der Waals surface area contributed by atoms with Crippen molar-refractivity contribution in [3.8, 4) is 11.8 Å². The minimum absolute atomic E-state index is 0.575. The van der Waals surface area contributed by atoms with Crippen LogP contribution in [0.4, 0.5) is 0 Å². The lowest BCUT2D eigenvalue weighted by Crippen LogP contribution is -1.88. The molecular weight excluding hydrogens is 266 g/mol. The topological polar surface area (TPSA) is 67.2 Å². The summed E-state index contributed by atoms with van der Waals surface area (Å²) in [6.45, 7) is 1.91. The molecule has 0 aliphatic carbocycles. The summed E-state index contributed by atoms with van der Waals surface area (Å²) in [5.41, 5.74) is 2.84. The van der Waals surface area contributed by atoms with Crippen LogP contribution in [0.1, 0.15) is 31.8 Å². The summed E-state index contributed by atoms with van der Waals surface area (Å²) in [5.74, 6) is 0.815. The van der Waals surface area contributed by atoms with E-state index in [9.17, 15) is 9.59 Å². The zero-order chi connectivity index (χ0) is 15.7. The number of hydrogen-bond donors (Lipinski definition) is 0. The summed E-state index contributed by atoms with van der Waals surface area (Å²) in [7, 11) is 1.61. The van der Waals surface area contributed by atoms with Gasteiger partial charge < -0.3 is 4.74 Å². The van der Waals surface area contributed by atoms with Crippen molar-refractivity contribution in [1.29, 1.82) is 5.26 Å². The molecule has 4 nitrogen and oxygen atoms in total. The minimum atomic E-state index is 0.575. The summed E-state index contributed by atoms with van der Waals surface area (Å²) < 4.78 is 5.03. The number of ether oxygens (including phenoxy) is 1. The lowest BCUT2D eigenvalue weighted by Gasteiger charge is -2.03. The third kappa shape index (κ3) is 4.92. The zero-order valence-corrected chi connectivity index (χ0v) is 11.9. The van der Waals surface area contributed by atoms with Crippen LogP contribution in [0.25, 0.3) is 0 Å². The van der Waals surface area contributed by atoms with Crippen LogP contribution >= 0.6 is 0 Å². The lowest BCUT2D eigenvalue weighted by atomic mass is 10.1. The van der Waals surface area contributed by atoms with Crippen molar-refractivity contribution in [2.24, 2.45) is 0 Å².